The minimum Gasteiger partial charge on any atom is -0.392 e. The Morgan fingerprint density at radius 3 is 2.92 bits per heavy atom. The van der Waals surface area contributed by atoms with Crippen LogP contribution in [0.4, 0.5) is 0 Å². The number of aromatic nitrogens is 1. The number of nitrogens with zero attached hydrogens (tertiary/aromatic N) is 2. The van der Waals surface area contributed by atoms with Gasteiger partial charge in [-0.15, -0.1) is 0 Å². The molecule has 128 valence electrons. The lowest BCUT2D eigenvalue weighted by molar-refractivity contribution is -0.122. The zero-order valence-electron chi connectivity index (χ0n) is 13.7. The summed E-state index contributed by atoms with van der Waals surface area (Å²) >= 11 is 0. The Morgan fingerprint density at radius 2 is 2.16 bits per heavy atom. The summed E-state index contributed by atoms with van der Waals surface area (Å²) in [6.45, 7) is -0.385. The second kappa shape index (κ2) is 7.41. The Labute approximate surface area is 145 Å². The monoisotopic (exact) mass is 337 g/mol. The molecule has 1 aliphatic rings. The van der Waals surface area contributed by atoms with Crippen LogP contribution in [-0.2, 0) is 11.4 Å². The van der Waals surface area contributed by atoms with Gasteiger partial charge in [-0.3, -0.25) is 14.6 Å². The zero-order valence-corrected chi connectivity index (χ0v) is 13.7. The van der Waals surface area contributed by atoms with Crippen LogP contribution >= 0.6 is 0 Å². The summed E-state index contributed by atoms with van der Waals surface area (Å²) < 4.78 is 0. The van der Waals surface area contributed by atoms with Crippen molar-refractivity contribution in [1.82, 2.24) is 10.3 Å². The first kappa shape index (κ1) is 17.1. The van der Waals surface area contributed by atoms with E-state index >= 15 is 0 Å². The first-order valence-electron chi connectivity index (χ1n) is 8.33. The summed E-state index contributed by atoms with van der Waals surface area (Å²) in [5.41, 5.74) is 1.47. The summed E-state index contributed by atoms with van der Waals surface area (Å²) in [4.78, 5) is 29.2. The van der Waals surface area contributed by atoms with E-state index in [0.29, 0.717) is 28.5 Å². The average Bonchev–Trinajstić information content (AvgIpc) is 3.13. The highest BCUT2D eigenvalue weighted by Crippen LogP contribution is 2.31. The van der Waals surface area contributed by atoms with Crippen molar-refractivity contribution in [3.05, 3.63) is 41.6 Å². The zero-order chi connectivity index (χ0) is 17.8. The van der Waals surface area contributed by atoms with Gasteiger partial charge in [0.15, 0.2) is 5.78 Å². The number of carbonyl (C=O) groups is 2. The highest BCUT2D eigenvalue weighted by Gasteiger charge is 2.32. The van der Waals surface area contributed by atoms with E-state index in [-0.39, 0.29) is 30.8 Å². The molecule has 6 nitrogen and oxygen atoms in total. The number of aliphatic hydroxyl groups excluding tert-OH is 1. The fourth-order valence-electron chi connectivity index (χ4n) is 3.48. The maximum absolute atomic E-state index is 12.6. The Hall–Kier alpha value is -2.78. The average molecular weight is 337 g/mol. The van der Waals surface area contributed by atoms with Crippen LogP contribution in [0, 0.1) is 23.2 Å². The van der Waals surface area contributed by atoms with E-state index < -0.39 is 5.91 Å². The third kappa shape index (κ3) is 3.37. The highest BCUT2D eigenvalue weighted by atomic mass is 16.3. The second-order valence-electron chi connectivity index (χ2n) is 6.25. The van der Waals surface area contributed by atoms with Crippen LogP contribution in [0.5, 0.6) is 0 Å². The molecule has 1 unspecified atom stereocenters. The van der Waals surface area contributed by atoms with Crippen LogP contribution in [0.1, 0.15) is 35.2 Å². The maximum atomic E-state index is 12.6. The van der Waals surface area contributed by atoms with Gasteiger partial charge < -0.3 is 10.4 Å². The number of aliphatic hydroxyl groups is 1. The van der Waals surface area contributed by atoms with Crippen molar-refractivity contribution in [2.45, 2.75) is 25.9 Å². The molecule has 6 heteroatoms. The van der Waals surface area contributed by atoms with Crippen LogP contribution < -0.4 is 5.32 Å². The summed E-state index contributed by atoms with van der Waals surface area (Å²) in [5.74, 6) is -1.07. The third-order valence-corrected chi connectivity index (χ3v) is 4.79. The second-order valence-corrected chi connectivity index (χ2v) is 6.25. The van der Waals surface area contributed by atoms with E-state index in [2.05, 4.69) is 16.4 Å². The van der Waals surface area contributed by atoms with Crippen LogP contribution in [-0.4, -0.2) is 28.3 Å². The van der Waals surface area contributed by atoms with Gasteiger partial charge in [0.05, 0.1) is 36.2 Å². The van der Waals surface area contributed by atoms with Gasteiger partial charge in [-0.1, -0.05) is 18.6 Å². The number of fused-ring (bicyclic) bond motifs is 1. The van der Waals surface area contributed by atoms with Crippen LogP contribution in [0.15, 0.2) is 30.5 Å². The lowest BCUT2D eigenvalue weighted by Gasteiger charge is -2.14. The quantitative estimate of drug-likeness (QED) is 0.868. The van der Waals surface area contributed by atoms with Gasteiger partial charge in [-0.05, 0) is 30.5 Å². The lowest BCUT2D eigenvalue weighted by Crippen LogP contribution is -2.34. The molecule has 0 spiro atoms. The van der Waals surface area contributed by atoms with Crippen molar-refractivity contribution in [2.75, 3.05) is 6.54 Å². The number of amides is 1. The maximum Gasteiger partial charge on any atom is 0.252 e. The van der Waals surface area contributed by atoms with Crippen LogP contribution in [0.2, 0.25) is 0 Å². The standard InChI is InChI=1S/C19H19N3O3/c20-9-12-3-1-4-14(12)17(24)10-22-19(25)18-13(11-23)6-7-16-15(18)5-2-8-21-16/h2,5-8,12,14,23H,1,3-4,10-11H2,(H,22,25)/t12-,14?/m0/s1. The van der Waals surface area contributed by atoms with E-state index in [0.717, 1.165) is 12.8 Å². The first-order chi connectivity index (χ1) is 12.2. The van der Waals surface area contributed by atoms with Crippen molar-refractivity contribution in [1.29, 1.82) is 5.26 Å². The van der Waals surface area contributed by atoms with Gasteiger partial charge >= 0.3 is 0 Å². The van der Waals surface area contributed by atoms with Crippen LogP contribution in [0.3, 0.4) is 0 Å². The SMILES string of the molecule is N#C[C@@H]1CCCC1C(=O)CNC(=O)c1c(CO)ccc2ncccc12. The topological polar surface area (TPSA) is 103 Å². The number of hydrogen-bond acceptors (Lipinski definition) is 5. The number of benzene rings is 1. The minimum absolute atomic E-state index is 0.108. The van der Waals surface area contributed by atoms with Crippen molar-refractivity contribution >= 4 is 22.6 Å². The molecule has 1 heterocycles. The van der Waals surface area contributed by atoms with Gasteiger partial charge in [0, 0.05) is 17.5 Å². The molecule has 0 saturated heterocycles. The molecule has 1 amide bonds. The van der Waals surface area contributed by atoms with Crippen molar-refractivity contribution in [3.8, 4) is 6.07 Å². The van der Waals surface area contributed by atoms with Gasteiger partial charge in [0.25, 0.3) is 5.91 Å². The predicted molar refractivity (Wildman–Crippen MR) is 91.5 cm³/mol. The molecular weight excluding hydrogens is 318 g/mol. The summed E-state index contributed by atoms with van der Waals surface area (Å²) in [6.07, 6.45) is 3.94. The predicted octanol–water partition coefficient (Wildman–Crippen LogP) is 1.97. The van der Waals surface area contributed by atoms with Crippen molar-refractivity contribution < 1.29 is 14.7 Å². The molecule has 2 N–H and O–H groups in total. The van der Waals surface area contributed by atoms with Gasteiger partial charge in [0.1, 0.15) is 0 Å². The highest BCUT2D eigenvalue weighted by molar-refractivity contribution is 6.08. The van der Waals surface area contributed by atoms with E-state index in [1.165, 1.54) is 0 Å². The molecule has 25 heavy (non-hydrogen) atoms. The number of hydrogen-bond donors (Lipinski definition) is 2. The summed E-state index contributed by atoms with van der Waals surface area (Å²) in [6, 6.07) is 9.08. The molecule has 1 aromatic carbocycles. The fraction of sp³-hybridized carbons (Fsp3) is 0.368. The number of nitriles is 1. The number of pyridine rings is 1. The third-order valence-electron chi connectivity index (χ3n) is 4.79. The summed E-state index contributed by atoms with van der Waals surface area (Å²) in [7, 11) is 0. The normalized spacial score (nSPS) is 19.5. The molecule has 1 fully saturated rings. The minimum atomic E-state index is -0.414. The molecule has 1 saturated carbocycles. The smallest absolute Gasteiger partial charge is 0.252 e. The Balaban J connectivity index is 1.79. The summed E-state index contributed by atoms with van der Waals surface area (Å²) in [5, 5.41) is 21.9. The van der Waals surface area contributed by atoms with Crippen LogP contribution in [0.25, 0.3) is 10.9 Å². The van der Waals surface area contributed by atoms with E-state index in [1.54, 1.807) is 30.5 Å². The number of Topliss-reactive ketones (excluding diaryl/α,β-unsaturated/α-hetero) is 1. The molecule has 1 aliphatic carbocycles. The Bertz CT molecular complexity index is 857. The van der Waals surface area contributed by atoms with Gasteiger partial charge in [0.2, 0.25) is 0 Å². The number of rotatable bonds is 5. The largest absolute Gasteiger partial charge is 0.392 e. The number of nitrogens with one attached hydrogen (secondary N) is 1. The van der Waals surface area contributed by atoms with Crippen molar-refractivity contribution in [3.63, 3.8) is 0 Å². The van der Waals surface area contributed by atoms with Gasteiger partial charge in [-0.25, -0.2) is 0 Å². The van der Waals surface area contributed by atoms with E-state index in [9.17, 15) is 14.7 Å². The molecule has 0 aliphatic heterocycles. The number of carbonyl (C=O) groups excluding carboxylic acids is 2. The van der Waals surface area contributed by atoms with E-state index in [4.69, 9.17) is 5.26 Å². The van der Waals surface area contributed by atoms with Gasteiger partial charge in [-0.2, -0.15) is 5.26 Å². The van der Waals surface area contributed by atoms with Crippen molar-refractivity contribution in [2.24, 2.45) is 11.8 Å². The number of ketones is 1. The molecule has 1 aromatic heterocycles. The molecule has 0 radical (unpaired) electrons. The molecule has 0 bridgehead atoms. The van der Waals surface area contributed by atoms with E-state index in [1.807, 2.05) is 0 Å². The molecular formula is C19H19N3O3. The Morgan fingerprint density at radius 1 is 1.32 bits per heavy atom. The Kier molecular flexibility index (Phi) is 5.05. The fourth-order valence-corrected chi connectivity index (χ4v) is 3.48. The molecule has 2 atom stereocenters. The molecule has 3 rings (SSSR count). The first-order valence-corrected chi connectivity index (χ1v) is 8.33. The molecule has 2 aromatic rings. The lowest BCUT2D eigenvalue weighted by atomic mass is 9.93.